The van der Waals surface area contributed by atoms with Crippen molar-refractivity contribution in [2.45, 2.75) is 46.6 Å². The van der Waals surface area contributed by atoms with E-state index in [1.54, 1.807) is 0 Å². The number of nitrogens with zero attached hydrogens (tertiary/aromatic N) is 2. The summed E-state index contributed by atoms with van der Waals surface area (Å²) in [5.41, 5.74) is 3.30. The fourth-order valence-corrected chi connectivity index (χ4v) is 3.54. The summed E-state index contributed by atoms with van der Waals surface area (Å²) >= 11 is 5.62. The van der Waals surface area contributed by atoms with Crippen LogP contribution >= 0.6 is 12.2 Å². The highest BCUT2D eigenvalue weighted by molar-refractivity contribution is 7.80. The highest BCUT2D eigenvalue weighted by Gasteiger charge is 2.20. The van der Waals surface area contributed by atoms with E-state index in [0.717, 1.165) is 43.4 Å². The molecule has 0 unspecified atom stereocenters. The number of amides is 1. The Labute approximate surface area is 163 Å². The number of thiocarbonyl (C=S) groups is 1. The van der Waals surface area contributed by atoms with Crippen LogP contribution in [0, 0.1) is 13.8 Å². The molecule has 144 valence electrons. The van der Waals surface area contributed by atoms with E-state index in [2.05, 4.69) is 52.5 Å². The lowest BCUT2D eigenvalue weighted by Gasteiger charge is -2.26. The maximum atomic E-state index is 12.2. The molecular weight excluding hydrogens is 344 g/mol. The Morgan fingerprint density at radius 2 is 1.73 bits per heavy atom. The van der Waals surface area contributed by atoms with Crippen molar-refractivity contribution in [3.05, 3.63) is 29.3 Å². The lowest BCUT2D eigenvalue weighted by atomic mass is 10.1. The minimum absolute atomic E-state index is 0.0851. The fourth-order valence-electron chi connectivity index (χ4n) is 3.24. The number of carbonyl (C=O) groups excluding carboxylic acids is 1. The molecule has 5 nitrogen and oxygen atoms in total. The van der Waals surface area contributed by atoms with Gasteiger partial charge in [-0.2, -0.15) is 0 Å². The Morgan fingerprint density at radius 1 is 1.08 bits per heavy atom. The third-order valence-corrected chi connectivity index (χ3v) is 4.59. The van der Waals surface area contributed by atoms with Crippen molar-refractivity contribution in [2.24, 2.45) is 0 Å². The van der Waals surface area contributed by atoms with Gasteiger partial charge in [-0.25, -0.2) is 0 Å². The van der Waals surface area contributed by atoms with Crippen molar-refractivity contribution in [3.8, 4) is 0 Å². The summed E-state index contributed by atoms with van der Waals surface area (Å²) < 4.78 is 0. The summed E-state index contributed by atoms with van der Waals surface area (Å²) in [6.07, 6.45) is 0.997. The summed E-state index contributed by atoms with van der Waals surface area (Å²) in [6, 6.07) is 6.38. The van der Waals surface area contributed by atoms with Gasteiger partial charge < -0.3 is 15.5 Å². The largest absolute Gasteiger partial charge is 0.350 e. The first-order valence-electron chi connectivity index (χ1n) is 9.30. The molecule has 1 aliphatic heterocycles. The molecule has 0 bridgehead atoms. The highest BCUT2D eigenvalue weighted by atomic mass is 32.1. The highest BCUT2D eigenvalue weighted by Crippen LogP contribution is 2.15. The molecule has 0 saturated carbocycles. The van der Waals surface area contributed by atoms with Crippen LogP contribution in [0.5, 0.6) is 0 Å². The zero-order valence-electron chi connectivity index (χ0n) is 16.7. The van der Waals surface area contributed by atoms with Crippen molar-refractivity contribution in [1.29, 1.82) is 0 Å². The van der Waals surface area contributed by atoms with Gasteiger partial charge in [-0.05, 0) is 76.5 Å². The Bertz CT molecular complexity index is 633. The van der Waals surface area contributed by atoms with E-state index in [1.807, 2.05) is 20.8 Å². The van der Waals surface area contributed by atoms with Crippen LogP contribution in [0.15, 0.2) is 18.2 Å². The molecule has 0 aliphatic carbocycles. The average molecular weight is 377 g/mol. The van der Waals surface area contributed by atoms with E-state index in [4.69, 9.17) is 12.2 Å². The molecule has 2 N–H and O–H groups in total. The summed E-state index contributed by atoms with van der Waals surface area (Å²) in [5, 5.41) is 7.16. The van der Waals surface area contributed by atoms with E-state index in [1.165, 1.54) is 11.1 Å². The average Bonchev–Trinajstić information content (AvgIpc) is 2.69. The van der Waals surface area contributed by atoms with Gasteiger partial charge in [-0.15, -0.1) is 0 Å². The first-order chi connectivity index (χ1) is 12.1. The van der Waals surface area contributed by atoms with Crippen LogP contribution in [-0.4, -0.2) is 59.1 Å². The van der Waals surface area contributed by atoms with Crippen LogP contribution in [0.1, 0.15) is 38.3 Å². The monoisotopic (exact) mass is 376 g/mol. The molecule has 1 saturated heterocycles. The second-order valence-electron chi connectivity index (χ2n) is 8.22. The molecule has 1 aromatic rings. The van der Waals surface area contributed by atoms with Crippen LogP contribution in [0.3, 0.4) is 0 Å². The standard InChI is InChI=1S/C20H32N4OS/c1-15-11-16(2)13-17(12-15)21-19(26)24-8-6-7-23(9-10-24)14-18(25)22-20(3,4)5/h11-13H,6-10,14H2,1-5H3,(H,21,26)(H,22,25). The number of carbonyl (C=O) groups is 1. The van der Waals surface area contributed by atoms with Gasteiger partial charge in [0.05, 0.1) is 6.54 Å². The topological polar surface area (TPSA) is 47.6 Å². The van der Waals surface area contributed by atoms with Gasteiger partial charge >= 0.3 is 0 Å². The summed E-state index contributed by atoms with van der Waals surface area (Å²) in [7, 11) is 0. The van der Waals surface area contributed by atoms with Gasteiger partial charge in [0.15, 0.2) is 5.11 Å². The van der Waals surface area contributed by atoms with E-state index >= 15 is 0 Å². The molecule has 0 radical (unpaired) electrons. The molecule has 6 heteroatoms. The molecule has 0 spiro atoms. The summed E-state index contributed by atoms with van der Waals surface area (Å²) in [6.45, 7) is 14.1. The number of hydrogen-bond donors (Lipinski definition) is 2. The van der Waals surface area contributed by atoms with Gasteiger partial charge in [0, 0.05) is 37.4 Å². The van der Waals surface area contributed by atoms with Crippen LogP contribution < -0.4 is 10.6 Å². The molecule has 2 rings (SSSR count). The van der Waals surface area contributed by atoms with Crippen molar-refractivity contribution in [2.75, 3.05) is 38.0 Å². The Morgan fingerprint density at radius 3 is 2.35 bits per heavy atom. The summed E-state index contributed by atoms with van der Waals surface area (Å²) in [4.78, 5) is 16.6. The predicted molar refractivity (Wildman–Crippen MR) is 113 cm³/mol. The number of anilines is 1. The van der Waals surface area contributed by atoms with Gasteiger partial charge in [-0.3, -0.25) is 9.69 Å². The second-order valence-corrected chi connectivity index (χ2v) is 8.61. The lowest BCUT2D eigenvalue weighted by molar-refractivity contribution is -0.123. The minimum Gasteiger partial charge on any atom is -0.350 e. The molecular formula is C20H32N4OS. The molecule has 1 aromatic carbocycles. The molecule has 1 amide bonds. The smallest absolute Gasteiger partial charge is 0.234 e. The van der Waals surface area contributed by atoms with Crippen molar-refractivity contribution in [3.63, 3.8) is 0 Å². The molecule has 0 atom stereocenters. The maximum Gasteiger partial charge on any atom is 0.234 e. The van der Waals surface area contributed by atoms with Gasteiger partial charge in [0.1, 0.15) is 0 Å². The Hall–Kier alpha value is -1.66. The normalized spacial score (nSPS) is 16.1. The maximum absolute atomic E-state index is 12.2. The van der Waals surface area contributed by atoms with Gasteiger partial charge in [0.2, 0.25) is 5.91 Å². The van der Waals surface area contributed by atoms with Crippen LogP contribution in [0.25, 0.3) is 0 Å². The van der Waals surface area contributed by atoms with E-state index in [-0.39, 0.29) is 11.4 Å². The van der Waals surface area contributed by atoms with Crippen LogP contribution in [0.2, 0.25) is 0 Å². The van der Waals surface area contributed by atoms with Crippen LogP contribution in [0.4, 0.5) is 5.69 Å². The van der Waals surface area contributed by atoms with Crippen molar-refractivity contribution < 1.29 is 4.79 Å². The van der Waals surface area contributed by atoms with E-state index < -0.39 is 0 Å². The molecule has 1 heterocycles. The molecule has 0 aromatic heterocycles. The predicted octanol–water partition coefficient (Wildman–Crippen LogP) is 2.92. The van der Waals surface area contributed by atoms with Crippen LogP contribution in [-0.2, 0) is 4.79 Å². The van der Waals surface area contributed by atoms with Crippen molar-refractivity contribution in [1.82, 2.24) is 15.1 Å². The fraction of sp³-hybridized carbons (Fsp3) is 0.600. The SMILES string of the molecule is Cc1cc(C)cc(NC(=S)N2CCCN(CC(=O)NC(C)(C)C)CC2)c1. The number of nitrogens with one attached hydrogen (secondary N) is 2. The second kappa shape index (κ2) is 8.82. The quantitative estimate of drug-likeness (QED) is 0.795. The molecule has 26 heavy (non-hydrogen) atoms. The number of rotatable bonds is 3. The zero-order valence-corrected chi connectivity index (χ0v) is 17.5. The van der Waals surface area contributed by atoms with E-state index in [0.29, 0.717) is 6.54 Å². The molecule has 1 aliphatic rings. The van der Waals surface area contributed by atoms with Gasteiger partial charge in [0.25, 0.3) is 0 Å². The third-order valence-electron chi connectivity index (χ3n) is 4.23. The zero-order chi connectivity index (χ0) is 19.3. The Kier molecular flexibility index (Phi) is 7.01. The number of hydrogen-bond acceptors (Lipinski definition) is 3. The molecule has 1 fully saturated rings. The summed E-state index contributed by atoms with van der Waals surface area (Å²) in [5.74, 6) is 0.0851. The first-order valence-corrected chi connectivity index (χ1v) is 9.71. The van der Waals surface area contributed by atoms with Crippen molar-refractivity contribution >= 4 is 28.9 Å². The first kappa shape index (κ1) is 20.6. The Balaban J connectivity index is 1.87. The van der Waals surface area contributed by atoms with E-state index in [9.17, 15) is 4.79 Å². The third kappa shape index (κ3) is 6.92. The lowest BCUT2D eigenvalue weighted by Crippen LogP contribution is -2.46. The number of aryl methyl sites for hydroxylation is 2. The number of benzene rings is 1. The minimum atomic E-state index is -0.188. The van der Waals surface area contributed by atoms with Gasteiger partial charge in [-0.1, -0.05) is 6.07 Å².